The molecular formula is C28H33ClN6O. The Morgan fingerprint density at radius 3 is 2.47 bits per heavy atom. The number of rotatable bonds is 9. The van der Waals surface area contributed by atoms with Crippen LogP contribution in [0.2, 0.25) is 5.02 Å². The van der Waals surface area contributed by atoms with Crippen LogP contribution in [0, 0.1) is 13.8 Å². The van der Waals surface area contributed by atoms with Gasteiger partial charge in [-0.25, -0.2) is 14.8 Å². The van der Waals surface area contributed by atoms with Crippen LogP contribution in [-0.2, 0) is 13.0 Å². The average molecular weight is 505 g/mol. The third-order valence-corrected chi connectivity index (χ3v) is 6.83. The van der Waals surface area contributed by atoms with Gasteiger partial charge in [0.25, 0.3) is 0 Å². The lowest BCUT2D eigenvalue weighted by atomic mass is 10.1. The summed E-state index contributed by atoms with van der Waals surface area (Å²) in [6, 6.07) is 15.8. The van der Waals surface area contributed by atoms with Crippen LogP contribution in [0.25, 0.3) is 11.0 Å². The lowest BCUT2D eigenvalue weighted by Gasteiger charge is -2.19. The number of benzene rings is 2. The lowest BCUT2D eigenvalue weighted by Crippen LogP contribution is -2.34. The largest absolute Gasteiger partial charge is 0.369 e. The van der Waals surface area contributed by atoms with E-state index >= 15 is 0 Å². The Balaban J connectivity index is 1.44. The summed E-state index contributed by atoms with van der Waals surface area (Å²) in [6.07, 6.45) is 2.45. The molecule has 8 heteroatoms. The van der Waals surface area contributed by atoms with Gasteiger partial charge in [0.1, 0.15) is 17.8 Å². The molecule has 0 unspecified atom stereocenters. The van der Waals surface area contributed by atoms with Crippen molar-refractivity contribution in [2.45, 2.75) is 40.7 Å². The molecule has 0 aliphatic carbocycles. The van der Waals surface area contributed by atoms with Gasteiger partial charge in [-0.05, 0) is 75.1 Å². The fourth-order valence-electron chi connectivity index (χ4n) is 4.41. The molecule has 188 valence electrons. The second-order valence-corrected chi connectivity index (χ2v) is 9.26. The maximum Gasteiger partial charge on any atom is 0.321 e. The standard InChI is InChI=1S/C28H33ClN6O/c1-5-34(6-2)28(36)33-24-12-10-21(11-13-24)14-15-30-26-25-19(3)20(4)35(27(25)32-18-31-26)17-22-8-7-9-23(29)16-22/h7-13,16,18H,5-6,14-15,17H2,1-4H3,(H,33,36)(H,30,31,32). The van der Waals surface area contributed by atoms with Gasteiger partial charge in [-0.15, -0.1) is 0 Å². The molecular weight excluding hydrogens is 472 g/mol. The molecule has 0 aliphatic heterocycles. The fraction of sp³-hybridized carbons (Fsp3) is 0.321. The van der Waals surface area contributed by atoms with Crippen molar-refractivity contribution in [2.75, 3.05) is 30.3 Å². The van der Waals surface area contributed by atoms with Gasteiger partial charge in [0, 0.05) is 42.6 Å². The Labute approximate surface area is 217 Å². The molecule has 0 fully saturated rings. The minimum atomic E-state index is -0.0739. The first-order valence-corrected chi connectivity index (χ1v) is 12.7. The summed E-state index contributed by atoms with van der Waals surface area (Å²) >= 11 is 6.20. The van der Waals surface area contributed by atoms with E-state index in [2.05, 4.69) is 45.1 Å². The van der Waals surface area contributed by atoms with E-state index in [0.29, 0.717) is 19.6 Å². The predicted octanol–water partition coefficient (Wildman–Crippen LogP) is 6.28. The third-order valence-electron chi connectivity index (χ3n) is 6.60. The Bertz CT molecular complexity index is 1340. The summed E-state index contributed by atoms with van der Waals surface area (Å²) < 4.78 is 2.22. The molecule has 2 heterocycles. The summed E-state index contributed by atoms with van der Waals surface area (Å²) in [5.41, 5.74) is 6.36. The van der Waals surface area contributed by atoms with E-state index in [1.807, 2.05) is 56.3 Å². The number of carbonyl (C=O) groups excluding carboxylic acids is 1. The number of anilines is 2. The summed E-state index contributed by atoms with van der Waals surface area (Å²) in [5.74, 6) is 0.841. The third kappa shape index (κ3) is 5.62. The van der Waals surface area contributed by atoms with Crippen LogP contribution in [0.4, 0.5) is 16.3 Å². The normalized spacial score (nSPS) is 11.0. The SMILES string of the molecule is CCN(CC)C(=O)Nc1ccc(CCNc2ncnc3c2c(C)c(C)n3Cc2cccc(Cl)c2)cc1. The van der Waals surface area contributed by atoms with Crippen molar-refractivity contribution >= 4 is 40.2 Å². The molecule has 0 saturated carbocycles. The van der Waals surface area contributed by atoms with Gasteiger partial charge < -0.3 is 20.1 Å². The molecule has 36 heavy (non-hydrogen) atoms. The van der Waals surface area contributed by atoms with Gasteiger partial charge in [0.2, 0.25) is 0 Å². The molecule has 0 spiro atoms. The highest BCUT2D eigenvalue weighted by molar-refractivity contribution is 6.30. The quantitative estimate of drug-likeness (QED) is 0.281. The monoisotopic (exact) mass is 504 g/mol. The summed E-state index contributed by atoms with van der Waals surface area (Å²) in [6.45, 7) is 11.0. The number of aromatic nitrogens is 3. The van der Waals surface area contributed by atoms with Crippen molar-refractivity contribution in [3.8, 4) is 0 Å². The highest BCUT2D eigenvalue weighted by Crippen LogP contribution is 2.29. The van der Waals surface area contributed by atoms with E-state index < -0.39 is 0 Å². The van der Waals surface area contributed by atoms with Crippen molar-refractivity contribution in [2.24, 2.45) is 0 Å². The molecule has 0 saturated heterocycles. The molecule has 0 radical (unpaired) electrons. The number of urea groups is 1. The molecule has 4 rings (SSSR count). The van der Waals surface area contributed by atoms with Crippen LogP contribution in [0.3, 0.4) is 0 Å². The topological polar surface area (TPSA) is 75.1 Å². The zero-order valence-corrected chi connectivity index (χ0v) is 22.1. The van der Waals surface area contributed by atoms with Crippen molar-refractivity contribution in [3.63, 3.8) is 0 Å². The molecule has 7 nitrogen and oxygen atoms in total. The van der Waals surface area contributed by atoms with Crippen LogP contribution >= 0.6 is 11.6 Å². The van der Waals surface area contributed by atoms with Gasteiger partial charge >= 0.3 is 6.03 Å². The van der Waals surface area contributed by atoms with Gasteiger partial charge in [0.05, 0.1) is 5.39 Å². The number of nitrogens with zero attached hydrogens (tertiary/aromatic N) is 4. The number of nitrogens with one attached hydrogen (secondary N) is 2. The molecule has 2 aromatic heterocycles. The molecule has 0 atom stereocenters. The van der Waals surface area contributed by atoms with Crippen LogP contribution in [0.5, 0.6) is 0 Å². The number of hydrogen-bond donors (Lipinski definition) is 2. The number of amides is 2. The average Bonchev–Trinajstić information content (AvgIpc) is 3.11. The minimum Gasteiger partial charge on any atom is -0.369 e. The number of halogens is 1. The second-order valence-electron chi connectivity index (χ2n) is 8.82. The fourth-order valence-corrected chi connectivity index (χ4v) is 4.62. The number of hydrogen-bond acceptors (Lipinski definition) is 4. The van der Waals surface area contributed by atoms with Gasteiger partial charge in [0.15, 0.2) is 0 Å². The molecule has 2 amide bonds. The maximum atomic E-state index is 12.3. The Morgan fingerprint density at radius 2 is 1.78 bits per heavy atom. The van der Waals surface area contributed by atoms with Crippen molar-refractivity contribution in [1.82, 2.24) is 19.4 Å². The Hall–Kier alpha value is -3.58. The zero-order valence-electron chi connectivity index (χ0n) is 21.3. The Morgan fingerprint density at radius 1 is 1.03 bits per heavy atom. The maximum absolute atomic E-state index is 12.3. The predicted molar refractivity (Wildman–Crippen MR) is 148 cm³/mol. The number of carbonyl (C=O) groups is 1. The van der Waals surface area contributed by atoms with E-state index in [1.54, 1.807) is 11.2 Å². The van der Waals surface area contributed by atoms with Crippen LogP contribution < -0.4 is 10.6 Å². The zero-order chi connectivity index (χ0) is 25.7. The molecule has 4 aromatic rings. The molecule has 2 aromatic carbocycles. The van der Waals surface area contributed by atoms with E-state index in [4.69, 9.17) is 11.6 Å². The van der Waals surface area contributed by atoms with Crippen LogP contribution in [-0.4, -0.2) is 45.1 Å². The Kier molecular flexibility index (Phi) is 8.10. The summed E-state index contributed by atoms with van der Waals surface area (Å²) in [4.78, 5) is 23.2. The molecule has 0 bridgehead atoms. The van der Waals surface area contributed by atoms with Crippen molar-refractivity contribution in [3.05, 3.63) is 82.3 Å². The van der Waals surface area contributed by atoms with E-state index in [9.17, 15) is 4.79 Å². The van der Waals surface area contributed by atoms with E-state index in [0.717, 1.165) is 51.8 Å². The smallest absolute Gasteiger partial charge is 0.321 e. The highest BCUT2D eigenvalue weighted by Gasteiger charge is 2.17. The van der Waals surface area contributed by atoms with Crippen LogP contribution in [0.15, 0.2) is 54.9 Å². The highest BCUT2D eigenvalue weighted by atomic mass is 35.5. The molecule has 0 aliphatic rings. The van der Waals surface area contributed by atoms with Gasteiger partial charge in [-0.2, -0.15) is 0 Å². The number of fused-ring (bicyclic) bond motifs is 1. The first-order valence-electron chi connectivity index (χ1n) is 12.3. The van der Waals surface area contributed by atoms with Crippen molar-refractivity contribution in [1.29, 1.82) is 0 Å². The van der Waals surface area contributed by atoms with Crippen LogP contribution in [0.1, 0.15) is 36.2 Å². The summed E-state index contributed by atoms with van der Waals surface area (Å²) in [5, 5.41) is 8.24. The van der Waals surface area contributed by atoms with E-state index in [1.165, 1.54) is 11.1 Å². The van der Waals surface area contributed by atoms with Crippen molar-refractivity contribution < 1.29 is 4.79 Å². The number of aryl methyl sites for hydroxylation is 1. The van der Waals surface area contributed by atoms with Gasteiger partial charge in [-0.1, -0.05) is 35.9 Å². The summed E-state index contributed by atoms with van der Waals surface area (Å²) in [7, 11) is 0. The first kappa shape index (κ1) is 25.5. The lowest BCUT2D eigenvalue weighted by molar-refractivity contribution is 0.217. The second kappa shape index (κ2) is 11.4. The van der Waals surface area contributed by atoms with E-state index in [-0.39, 0.29) is 6.03 Å². The van der Waals surface area contributed by atoms with Gasteiger partial charge in [-0.3, -0.25) is 0 Å². The first-order chi connectivity index (χ1) is 17.4. The molecule has 2 N–H and O–H groups in total. The minimum absolute atomic E-state index is 0.0739.